The summed E-state index contributed by atoms with van der Waals surface area (Å²) in [6.45, 7) is 3.63. The third-order valence-electron chi connectivity index (χ3n) is 4.25. The molecule has 0 saturated heterocycles. The van der Waals surface area contributed by atoms with Crippen LogP contribution in [0.15, 0.2) is 52.7 Å². The highest BCUT2D eigenvalue weighted by Crippen LogP contribution is 2.36. The number of para-hydroxylation sites is 2. The maximum absolute atomic E-state index is 12.3. The molecule has 0 aliphatic rings. The minimum absolute atomic E-state index is 0.109. The Bertz CT molecular complexity index is 1140. The molecule has 27 heavy (non-hydrogen) atoms. The number of carbonyl (C=O) groups is 1. The molecule has 136 valence electrons. The first-order valence-corrected chi connectivity index (χ1v) is 9.22. The van der Waals surface area contributed by atoms with Crippen LogP contribution >= 0.6 is 11.3 Å². The molecule has 0 bridgehead atoms. The second kappa shape index (κ2) is 6.81. The Balaban J connectivity index is 1.53. The smallest absolute Gasteiger partial charge is 0.286 e. The number of aromatic amines is 1. The van der Waals surface area contributed by atoms with Crippen LogP contribution in [0.1, 0.15) is 12.5 Å². The number of aryl methyl sites for hydroxylation is 1. The summed E-state index contributed by atoms with van der Waals surface area (Å²) in [5.74, 6) is -0.557. The van der Waals surface area contributed by atoms with Crippen LogP contribution in [0.5, 0.6) is 5.88 Å². The molecule has 2 aromatic carbocycles. The van der Waals surface area contributed by atoms with Crippen LogP contribution in [-0.2, 0) is 4.79 Å². The zero-order valence-electron chi connectivity index (χ0n) is 14.7. The van der Waals surface area contributed by atoms with Gasteiger partial charge in [0.25, 0.3) is 5.91 Å². The van der Waals surface area contributed by atoms with E-state index in [0.717, 1.165) is 26.7 Å². The average molecular weight is 379 g/mol. The fraction of sp³-hybridized carbons (Fsp3) is 0.158. The van der Waals surface area contributed by atoms with E-state index in [1.54, 1.807) is 6.92 Å². The number of nitrogens with one attached hydrogen (secondary N) is 2. The third-order valence-corrected chi connectivity index (χ3v) is 5.22. The van der Waals surface area contributed by atoms with Crippen molar-refractivity contribution in [3.8, 4) is 5.88 Å². The van der Waals surface area contributed by atoms with Crippen molar-refractivity contribution in [2.24, 2.45) is 10.2 Å². The highest BCUT2D eigenvalue weighted by Gasteiger charge is 2.16. The van der Waals surface area contributed by atoms with E-state index < -0.39 is 11.9 Å². The topological polar surface area (TPSA) is 103 Å². The van der Waals surface area contributed by atoms with Crippen LogP contribution in [0.4, 0.5) is 10.8 Å². The van der Waals surface area contributed by atoms with Crippen LogP contribution in [0, 0.1) is 6.92 Å². The van der Waals surface area contributed by atoms with Crippen LogP contribution < -0.4 is 5.32 Å². The zero-order chi connectivity index (χ0) is 19.0. The highest BCUT2D eigenvalue weighted by atomic mass is 32.1. The van der Waals surface area contributed by atoms with Crippen LogP contribution in [-0.4, -0.2) is 27.0 Å². The van der Waals surface area contributed by atoms with Gasteiger partial charge < -0.3 is 15.4 Å². The summed E-state index contributed by atoms with van der Waals surface area (Å²) in [5, 5.41) is 22.3. The molecule has 0 radical (unpaired) electrons. The molecule has 0 fully saturated rings. The number of hydrogen-bond donors (Lipinski definition) is 3. The second-order valence-electron chi connectivity index (χ2n) is 6.21. The largest absolute Gasteiger partial charge is 0.493 e. The van der Waals surface area contributed by atoms with E-state index in [1.165, 1.54) is 11.3 Å². The Labute approximate surface area is 158 Å². The minimum Gasteiger partial charge on any atom is -0.493 e. The van der Waals surface area contributed by atoms with Crippen molar-refractivity contribution in [1.82, 2.24) is 9.97 Å². The first-order valence-electron chi connectivity index (χ1n) is 8.41. The molecule has 4 rings (SSSR count). The van der Waals surface area contributed by atoms with Crippen molar-refractivity contribution in [3.63, 3.8) is 0 Å². The number of nitrogens with zero attached hydrogens (tertiary/aromatic N) is 3. The number of benzene rings is 2. The van der Waals surface area contributed by atoms with E-state index in [-0.39, 0.29) is 11.6 Å². The van der Waals surface area contributed by atoms with Gasteiger partial charge in [-0.25, -0.2) is 4.98 Å². The number of aromatic nitrogens is 2. The summed E-state index contributed by atoms with van der Waals surface area (Å²) in [6, 6.07) is 12.8. The lowest BCUT2D eigenvalue weighted by molar-refractivity contribution is -0.118. The Morgan fingerprint density at radius 2 is 2.07 bits per heavy atom. The molecule has 7 nitrogen and oxygen atoms in total. The molecular formula is C19H17N5O2S. The van der Waals surface area contributed by atoms with Crippen molar-refractivity contribution in [2.45, 2.75) is 19.9 Å². The molecule has 2 heterocycles. The lowest BCUT2D eigenvalue weighted by atomic mass is 10.1. The molecule has 0 aliphatic heterocycles. The summed E-state index contributed by atoms with van der Waals surface area (Å²) in [7, 11) is 0. The molecule has 8 heteroatoms. The first-order chi connectivity index (χ1) is 13.0. The summed E-state index contributed by atoms with van der Waals surface area (Å²) in [6.07, 6.45) is 0. The fourth-order valence-corrected chi connectivity index (χ4v) is 3.76. The summed E-state index contributed by atoms with van der Waals surface area (Å²) in [4.78, 5) is 19.7. The molecular weight excluding hydrogens is 362 g/mol. The summed E-state index contributed by atoms with van der Waals surface area (Å²) >= 11 is 1.47. The average Bonchev–Trinajstić information content (AvgIpc) is 3.20. The SMILES string of the molecule is Cc1cccc2c(N=NC(=O)[C@H](C)Nc3nc4ccccc4s3)c(O)[nH]c12. The van der Waals surface area contributed by atoms with E-state index in [2.05, 4.69) is 25.5 Å². The van der Waals surface area contributed by atoms with Crippen LogP contribution in [0.2, 0.25) is 0 Å². The Hall–Kier alpha value is -3.26. The number of thiazole rings is 1. The third kappa shape index (κ3) is 3.26. The van der Waals surface area contributed by atoms with Crippen LogP contribution in [0.3, 0.4) is 0 Å². The molecule has 0 spiro atoms. The summed E-state index contributed by atoms with van der Waals surface area (Å²) < 4.78 is 1.04. The van der Waals surface area contributed by atoms with Gasteiger partial charge in [0.2, 0.25) is 5.88 Å². The molecule has 0 unspecified atom stereocenters. The van der Waals surface area contributed by atoms with Gasteiger partial charge in [0.1, 0.15) is 6.04 Å². The number of anilines is 1. The van der Waals surface area contributed by atoms with Gasteiger partial charge in [0.15, 0.2) is 10.8 Å². The summed E-state index contributed by atoms with van der Waals surface area (Å²) in [5.41, 5.74) is 2.89. The van der Waals surface area contributed by atoms with Gasteiger partial charge >= 0.3 is 0 Å². The molecule has 4 aromatic rings. The van der Waals surface area contributed by atoms with Gasteiger partial charge in [-0.3, -0.25) is 4.79 Å². The van der Waals surface area contributed by atoms with Crippen LogP contribution in [0.25, 0.3) is 21.1 Å². The standard InChI is InChI=1S/C19H17N5O2S/c1-10-6-5-7-12-15(10)22-18(26)16(12)23-24-17(25)11(2)20-19-21-13-8-3-4-9-14(13)27-19/h3-9,11,22,26H,1-2H3,(H,20,21)/t11-/m0/s1. The van der Waals surface area contributed by atoms with Crippen molar-refractivity contribution < 1.29 is 9.90 Å². The Kier molecular flexibility index (Phi) is 4.33. The number of carbonyl (C=O) groups excluding carboxylic acids is 1. The Morgan fingerprint density at radius 1 is 1.26 bits per heavy atom. The van der Waals surface area contributed by atoms with Gasteiger partial charge in [-0.1, -0.05) is 41.7 Å². The normalized spacial score (nSPS) is 12.8. The number of azo groups is 1. The van der Waals surface area contributed by atoms with E-state index >= 15 is 0 Å². The van der Waals surface area contributed by atoms with E-state index in [9.17, 15) is 9.90 Å². The predicted octanol–water partition coefficient (Wildman–Crippen LogP) is 4.90. The fourth-order valence-electron chi connectivity index (χ4n) is 2.80. The van der Waals surface area contributed by atoms with E-state index in [4.69, 9.17) is 0 Å². The predicted molar refractivity (Wildman–Crippen MR) is 107 cm³/mol. The lowest BCUT2D eigenvalue weighted by Crippen LogP contribution is -2.23. The van der Waals surface area contributed by atoms with Gasteiger partial charge in [-0.05, 0) is 31.5 Å². The van der Waals surface area contributed by atoms with E-state index in [0.29, 0.717) is 5.13 Å². The lowest BCUT2D eigenvalue weighted by Gasteiger charge is -2.07. The van der Waals surface area contributed by atoms with Gasteiger partial charge in [-0.15, -0.1) is 10.2 Å². The second-order valence-corrected chi connectivity index (χ2v) is 7.24. The quantitative estimate of drug-likeness (QED) is 0.439. The first kappa shape index (κ1) is 17.2. The van der Waals surface area contributed by atoms with Crippen molar-refractivity contribution in [1.29, 1.82) is 0 Å². The van der Waals surface area contributed by atoms with Crippen molar-refractivity contribution in [2.75, 3.05) is 5.32 Å². The maximum Gasteiger partial charge on any atom is 0.286 e. The highest BCUT2D eigenvalue weighted by molar-refractivity contribution is 7.22. The van der Waals surface area contributed by atoms with Gasteiger partial charge in [0.05, 0.1) is 15.7 Å². The number of amides is 1. The minimum atomic E-state index is -0.594. The maximum atomic E-state index is 12.3. The van der Waals surface area contributed by atoms with Gasteiger partial charge in [-0.2, -0.15) is 0 Å². The monoisotopic (exact) mass is 379 g/mol. The number of fused-ring (bicyclic) bond motifs is 2. The Morgan fingerprint density at radius 3 is 2.89 bits per heavy atom. The van der Waals surface area contributed by atoms with Gasteiger partial charge in [0, 0.05) is 5.39 Å². The van der Waals surface area contributed by atoms with Crippen molar-refractivity contribution in [3.05, 3.63) is 48.0 Å². The molecule has 1 atom stereocenters. The molecule has 0 aliphatic carbocycles. The number of hydrogen-bond acceptors (Lipinski definition) is 6. The number of aromatic hydroxyl groups is 1. The molecule has 0 saturated carbocycles. The molecule has 2 aromatic heterocycles. The number of rotatable bonds is 4. The number of H-pyrrole nitrogens is 1. The van der Waals surface area contributed by atoms with Crippen molar-refractivity contribution >= 4 is 49.2 Å². The zero-order valence-corrected chi connectivity index (χ0v) is 15.5. The van der Waals surface area contributed by atoms with E-state index in [1.807, 2.05) is 49.4 Å². The molecule has 1 amide bonds. The molecule has 3 N–H and O–H groups in total.